The molecule has 0 radical (unpaired) electrons. The molecule has 20 heavy (non-hydrogen) atoms. The van der Waals surface area contributed by atoms with Crippen LogP contribution in [0, 0.1) is 13.8 Å². The van der Waals surface area contributed by atoms with Gasteiger partial charge in [0.1, 0.15) is 5.82 Å². The van der Waals surface area contributed by atoms with E-state index >= 15 is 0 Å². The lowest BCUT2D eigenvalue weighted by atomic mass is 10.1. The Labute approximate surface area is 118 Å². The second-order valence-corrected chi connectivity index (χ2v) is 4.98. The Bertz CT molecular complexity index is 481. The SMILES string of the molecule is COC(=O)c1c(C)cc(N2CCNCC2CO)nc1C. The summed E-state index contributed by atoms with van der Waals surface area (Å²) in [5, 5.41) is 12.7. The summed E-state index contributed by atoms with van der Waals surface area (Å²) >= 11 is 0. The van der Waals surface area contributed by atoms with Gasteiger partial charge in [0.25, 0.3) is 0 Å². The molecule has 1 aliphatic heterocycles. The number of carbonyl (C=O) groups excluding carboxylic acids is 1. The van der Waals surface area contributed by atoms with E-state index in [1.54, 1.807) is 6.92 Å². The quantitative estimate of drug-likeness (QED) is 0.773. The van der Waals surface area contributed by atoms with Crippen molar-refractivity contribution in [2.45, 2.75) is 19.9 Å². The van der Waals surface area contributed by atoms with Crippen molar-refractivity contribution in [3.63, 3.8) is 0 Å². The zero-order valence-electron chi connectivity index (χ0n) is 12.1. The van der Waals surface area contributed by atoms with Crippen molar-refractivity contribution in [3.05, 3.63) is 22.9 Å². The molecule has 2 rings (SSSR count). The molecule has 1 aromatic rings. The van der Waals surface area contributed by atoms with E-state index in [4.69, 9.17) is 4.74 Å². The second-order valence-electron chi connectivity index (χ2n) is 4.98. The van der Waals surface area contributed by atoms with Crippen LogP contribution in [0.5, 0.6) is 0 Å². The number of aromatic nitrogens is 1. The molecular formula is C14H21N3O3. The highest BCUT2D eigenvalue weighted by atomic mass is 16.5. The lowest BCUT2D eigenvalue weighted by Gasteiger charge is -2.36. The molecule has 0 saturated carbocycles. The van der Waals surface area contributed by atoms with Gasteiger partial charge in [-0.3, -0.25) is 0 Å². The standard InChI is InChI=1S/C14H21N3O3/c1-9-6-12(16-10(2)13(9)14(19)20-3)17-5-4-15-7-11(17)8-18/h6,11,15,18H,4-5,7-8H2,1-3H3. The van der Waals surface area contributed by atoms with Crippen LogP contribution in [0.4, 0.5) is 5.82 Å². The highest BCUT2D eigenvalue weighted by Crippen LogP contribution is 2.22. The Morgan fingerprint density at radius 3 is 2.95 bits per heavy atom. The van der Waals surface area contributed by atoms with Gasteiger partial charge in [-0.05, 0) is 25.5 Å². The highest BCUT2D eigenvalue weighted by molar-refractivity contribution is 5.92. The van der Waals surface area contributed by atoms with Crippen LogP contribution in [-0.2, 0) is 4.74 Å². The molecule has 0 spiro atoms. The van der Waals surface area contributed by atoms with E-state index in [0.717, 1.165) is 31.0 Å². The molecule has 0 aromatic carbocycles. The molecule has 2 N–H and O–H groups in total. The number of nitrogens with one attached hydrogen (secondary N) is 1. The summed E-state index contributed by atoms with van der Waals surface area (Å²) < 4.78 is 4.78. The van der Waals surface area contributed by atoms with Gasteiger partial charge >= 0.3 is 5.97 Å². The number of hydrogen-bond acceptors (Lipinski definition) is 6. The molecule has 6 nitrogen and oxygen atoms in total. The summed E-state index contributed by atoms with van der Waals surface area (Å²) in [6.45, 7) is 6.13. The minimum absolute atomic E-state index is 0.0130. The van der Waals surface area contributed by atoms with Gasteiger partial charge in [0, 0.05) is 19.6 Å². The molecule has 1 aromatic heterocycles. The van der Waals surface area contributed by atoms with E-state index < -0.39 is 0 Å². The van der Waals surface area contributed by atoms with E-state index in [-0.39, 0.29) is 18.6 Å². The van der Waals surface area contributed by atoms with Crippen LogP contribution in [-0.4, -0.2) is 55.5 Å². The van der Waals surface area contributed by atoms with Crippen molar-refractivity contribution in [1.29, 1.82) is 0 Å². The zero-order chi connectivity index (χ0) is 14.7. The molecule has 1 saturated heterocycles. The fourth-order valence-electron chi connectivity index (χ4n) is 2.59. The Kier molecular flexibility index (Phi) is 4.57. The number of anilines is 1. The molecule has 2 heterocycles. The van der Waals surface area contributed by atoms with Gasteiger partial charge in [0.15, 0.2) is 0 Å². The van der Waals surface area contributed by atoms with Crippen LogP contribution in [0.2, 0.25) is 0 Å². The predicted molar refractivity (Wildman–Crippen MR) is 76.1 cm³/mol. The molecule has 6 heteroatoms. The molecule has 0 bridgehead atoms. The number of nitrogens with zero attached hydrogens (tertiary/aromatic N) is 2. The van der Waals surface area contributed by atoms with E-state index in [1.165, 1.54) is 7.11 Å². The van der Waals surface area contributed by atoms with E-state index in [0.29, 0.717) is 11.3 Å². The first-order chi connectivity index (χ1) is 9.58. The lowest BCUT2D eigenvalue weighted by Crippen LogP contribution is -2.53. The van der Waals surface area contributed by atoms with Crippen LogP contribution in [0.3, 0.4) is 0 Å². The summed E-state index contributed by atoms with van der Waals surface area (Å²) in [4.78, 5) is 18.3. The first kappa shape index (κ1) is 14.7. The smallest absolute Gasteiger partial charge is 0.339 e. The van der Waals surface area contributed by atoms with Crippen molar-refractivity contribution in [2.24, 2.45) is 0 Å². The molecule has 1 fully saturated rings. The summed E-state index contributed by atoms with van der Waals surface area (Å²) in [7, 11) is 1.37. The van der Waals surface area contributed by atoms with Gasteiger partial charge in [0.2, 0.25) is 0 Å². The summed E-state index contributed by atoms with van der Waals surface area (Å²) in [5.74, 6) is 0.436. The summed E-state index contributed by atoms with van der Waals surface area (Å²) in [5.41, 5.74) is 2.02. The van der Waals surface area contributed by atoms with E-state index in [1.807, 2.05) is 13.0 Å². The summed E-state index contributed by atoms with van der Waals surface area (Å²) in [6, 6.07) is 1.90. The summed E-state index contributed by atoms with van der Waals surface area (Å²) in [6.07, 6.45) is 0. The zero-order valence-corrected chi connectivity index (χ0v) is 12.1. The van der Waals surface area contributed by atoms with Crippen molar-refractivity contribution in [2.75, 3.05) is 38.3 Å². The Balaban J connectivity index is 2.36. The minimum atomic E-state index is -0.363. The van der Waals surface area contributed by atoms with Crippen molar-refractivity contribution >= 4 is 11.8 Å². The molecule has 1 unspecified atom stereocenters. The fourth-order valence-corrected chi connectivity index (χ4v) is 2.59. The lowest BCUT2D eigenvalue weighted by molar-refractivity contribution is 0.0598. The number of carbonyl (C=O) groups is 1. The van der Waals surface area contributed by atoms with Gasteiger partial charge in [-0.1, -0.05) is 0 Å². The first-order valence-electron chi connectivity index (χ1n) is 6.73. The number of ether oxygens (including phenoxy) is 1. The number of piperazine rings is 1. The van der Waals surface area contributed by atoms with Gasteiger partial charge in [-0.2, -0.15) is 0 Å². The first-order valence-corrected chi connectivity index (χ1v) is 6.73. The highest BCUT2D eigenvalue weighted by Gasteiger charge is 2.24. The Hall–Kier alpha value is -1.66. The maximum Gasteiger partial charge on any atom is 0.339 e. The largest absolute Gasteiger partial charge is 0.465 e. The van der Waals surface area contributed by atoms with Crippen molar-refractivity contribution in [1.82, 2.24) is 10.3 Å². The third kappa shape index (κ3) is 2.76. The van der Waals surface area contributed by atoms with Gasteiger partial charge in [-0.25, -0.2) is 9.78 Å². The topological polar surface area (TPSA) is 74.7 Å². The van der Waals surface area contributed by atoms with Crippen LogP contribution >= 0.6 is 0 Å². The van der Waals surface area contributed by atoms with Gasteiger partial charge in [0.05, 0.1) is 31.0 Å². The number of aryl methyl sites for hydroxylation is 2. The van der Waals surface area contributed by atoms with Crippen molar-refractivity contribution < 1.29 is 14.6 Å². The van der Waals surface area contributed by atoms with E-state index in [9.17, 15) is 9.90 Å². The van der Waals surface area contributed by atoms with Crippen molar-refractivity contribution in [3.8, 4) is 0 Å². The molecule has 110 valence electrons. The van der Waals surface area contributed by atoms with Crippen LogP contribution in [0.1, 0.15) is 21.6 Å². The average Bonchev–Trinajstić information content (AvgIpc) is 2.46. The molecule has 0 amide bonds. The fraction of sp³-hybridized carbons (Fsp3) is 0.571. The third-order valence-corrected chi connectivity index (χ3v) is 3.63. The molecule has 0 aliphatic carbocycles. The number of aliphatic hydroxyl groups is 1. The van der Waals surface area contributed by atoms with Crippen LogP contribution in [0.15, 0.2) is 6.07 Å². The number of aliphatic hydroxyl groups excluding tert-OH is 1. The number of pyridine rings is 1. The number of esters is 1. The maximum absolute atomic E-state index is 11.7. The average molecular weight is 279 g/mol. The normalized spacial score (nSPS) is 19.0. The van der Waals surface area contributed by atoms with Crippen LogP contribution < -0.4 is 10.2 Å². The number of methoxy groups -OCH3 is 1. The number of rotatable bonds is 3. The minimum Gasteiger partial charge on any atom is -0.465 e. The van der Waals surface area contributed by atoms with Gasteiger partial charge < -0.3 is 20.1 Å². The van der Waals surface area contributed by atoms with Crippen LogP contribution in [0.25, 0.3) is 0 Å². The monoisotopic (exact) mass is 279 g/mol. The van der Waals surface area contributed by atoms with Gasteiger partial charge in [-0.15, -0.1) is 0 Å². The number of hydrogen-bond donors (Lipinski definition) is 2. The van der Waals surface area contributed by atoms with E-state index in [2.05, 4.69) is 15.2 Å². The molecular weight excluding hydrogens is 258 g/mol. The molecule has 1 atom stereocenters. The second kappa shape index (κ2) is 6.19. The molecule has 1 aliphatic rings. The maximum atomic E-state index is 11.7. The predicted octanol–water partition coefficient (Wildman–Crippen LogP) is 0.256. The Morgan fingerprint density at radius 1 is 1.60 bits per heavy atom. The Morgan fingerprint density at radius 2 is 2.35 bits per heavy atom. The third-order valence-electron chi connectivity index (χ3n) is 3.63.